The van der Waals surface area contributed by atoms with E-state index < -0.39 is 0 Å². The van der Waals surface area contributed by atoms with Crippen LogP contribution in [0.3, 0.4) is 0 Å². The van der Waals surface area contributed by atoms with Gasteiger partial charge in [-0.1, -0.05) is 18.2 Å². The number of ketones is 1. The molecule has 156 valence electrons. The lowest BCUT2D eigenvalue weighted by Crippen LogP contribution is -2.41. The normalized spacial score (nSPS) is 16.5. The zero-order chi connectivity index (χ0) is 21.4. The van der Waals surface area contributed by atoms with E-state index in [2.05, 4.69) is 9.88 Å². The van der Waals surface area contributed by atoms with Gasteiger partial charge >= 0.3 is 0 Å². The number of nitrogens with zero attached hydrogens (tertiary/aromatic N) is 4. The molecule has 0 bridgehead atoms. The van der Waals surface area contributed by atoms with Gasteiger partial charge in [0, 0.05) is 54.8 Å². The second-order valence-corrected chi connectivity index (χ2v) is 8.96. The number of hydrogen-bond acceptors (Lipinski definition) is 6. The summed E-state index contributed by atoms with van der Waals surface area (Å²) in [5.74, 6) is 0.678. The first kappa shape index (κ1) is 19.6. The lowest BCUT2D eigenvalue weighted by atomic mass is 9.93. The van der Waals surface area contributed by atoms with E-state index in [1.807, 2.05) is 42.5 Å². The minimum atomic E-state index is -0.116. The monoisotopic (exact) mass is 430 g/mol. The molecule has 1 fully saturated rings. The molecule has 0 amide bonds. The van der Waals surface area contributed by atoms with E-state index in [4.69, 9.17) is 4.98 Å². The lowest BCUT2D eigenvalue weighted by Gasteiger charge is -2.33. The van der Waals surface area contributed by atoms with Crippen molar-refractivity contribution in [1.82, 2.24) is 14.5 Å². The highest BCUT2D eigenvalue weighted by Crippen LogP contribution is 2.31. The summed E-state index contributed by atoms with van der Waals surface area (Å²) in [6.07, 6.45) is 5.11. The van der Waals surface area contributed by atoms with Crippen LogP contribution in [0.5, 0.6) is 0 Å². The molecule has 0 radical (unpaired) electrons. The summed E-state index contributed by atoms with van der Waals surface area (Å²) in [5, 5.41) is 1.11. The summed E-state index contributed by atoms with van der Waals surface area (Å²) >= 11 is 1.56. The van der Waals surface area contributed by atoms with Crippen LogP contribution in [-0.2, 0) is 7.05 Å². The number of hydrogen-bond donors (Lipinski definition) is 0. The van der Waals surface area contributed by atoms with Gasteiger partial charge in [-0.05, 0) is 42.5 Å². The molecule has 0 saturated carbocycles. The van der Waals surface area contributed by atoms with E-state index in [1.54, 1.807) is 41.4 Å². The number of carbonyl (C=O) groups is 1. The van der Waals surface area contributed by atoms with E-state index in [9.17, 15) is 9.59 Å². The van der Waals surface area contributed by atoms with Crippen LogP contribution in [0.25, 0.3) is 21.3 Å². The van der Waals surface area contributed by atoms with Crippen LogP contribution in [0, 0.1) is 5.92 Å². The maximum atomic E-state index is 13.3. The van der Waals surface area contributed by atoms with Crippen molar-refractivity contribution in [2.75, 3.05) is 18.0 Å². The van der Waals surface area contributed by atoms with E-state index in [0.29, 0.717) is 18.2 Å². The molecule has 3 aromatic heterocycles. The Labute approximate surface area is 183 Å². The maximum absolute atomic E-state index is 13.3. The van der Waals surface area contributed by atoms with Gasteiger partial charge in [-0.2, -0.15) is 0 Å². The highest BCUT2D eigenvalue weighted by atomic mass is 32.1. The molecule has 6 nitrogen and oxygen atoms in total. The van der Waals surface area contributed by atoms with Crippen LogP contribution in [0.4, 0.5) is 5.95 Å². The third-order valence-electron chi connectivity index (χ3n) is 5.83. The third kappa shape index (κ3) is 3.77. The number of fused-ring (bicyclic) bond motifs is 1. The minimum absolute atomic E-state index is 0.108. The molecule has 0 N–H and O–H groups in total. The van der Waals surface area contributed by atoms with Gasteiger partial charge in [-0.15, -0.1) is 11.3 Å². The first-order valence-electron chi connectivity index (χ1n) is 10.4. The SMILES string of the molecule is Cn1c(N2CCCC(C(=O)c3cc4ccccc4s3)C2)nc(-c2ccncc2)cc1=O. The number of benzene rings is 1. The number of thiophene rings is 1. The van der Waals surface area contributed by atoms with Crippen molar-refractivity contribution in [3.8, 4) is 11.3 Å². The summed E-state index contributed by atoms with van der Waals surface area (Å²) in [6, 6.07) is 15.3. The second-order valence-electron chi connectivity index (χ2n) is 7.87. The topological polar surface area (TPSA) is 68.1 Å². The predicted molar refractivity (Wildman–Crippen MR) is 124 cm³/mol. The van der Waals surface area contributed by atoms with Crippen LogP contribution in [0.1, 0.15) is 22.5 Å². The number of carbonyl (C=O) groups excluding carboxylic acids is 1. The molecule has 4 heterocycles. The Morgan fingerprint density at radius 2 is 1.94 bits per heavy atom. The molecule has 5 rings (SSSR count). The van der Waals surface area contributed by atoms with Crippen LogP contribution in [-0.4, -0.2) is 33.4 Å². The van der Waals surface area contributed by atoms with Crippen molar-refractivity contribution >= 4 is 33.2 Å². The van der Waals surface area contributed by atoms with E-state index >= 15 is 0 Å². The molecule has 0 aliphatic carbocycles. The average molecular weight is 431 g/mol. The highest BCUT2D eigenvalue weighted by molar-refractivity contribution is 7.20. The van der Waals surface area contributed by atoms with Gasteiger partial charge in [-0.3, -0.25) is 19.1 Å². The molecule has 31 heavy (non-hydrogen) atoms. The smallest absolute Gasteiger partial charge is 0.255 e. The highest BCUT2D eigenvalue weighted by Gasteiger charge is 2.29. The Balaban J connectivity index is 1.44. The third-order valence-corrected chi connectivity index (χ3v) is 6.96. The van der Waals surface area contributed by atoms with Gasteiger partial charge < -0.3 is 4.90 Å². The Hall–Kier alpha value is -3.32. The number of piperidine rings is 1. The Kier molecular flexibility index (Phi) is 5.11. The number of aromatic nitrogens is 3. The van der Waals surface area contributed by atoms with Crippen LogP contribution < -0.4 is 10.5 Å². The molecular formula is C24H22N4O2S. The average Bonchev–Trinajstić information content (AvgIpc) is 3.25. The van der Waals surface area contributed by atoms with E-state index in [-0.39, 0.29) is 17.3 Å². The van der Waals surface area contributed by atoms with Crippen LogP contribution >= 0.6 is 11.3 Å². The zero-order valence-electron chi connectivity index (χ0n) is 17.2. The summed E-state index contributed by atoms with van der Waals surface area (Å²) in [6.45, 7) is 1.34. The number of pyridine rings is 1. The van der Waals surface area contributed by atoms with Crippen LogP contribution in [0.15, 0.2) is 65.7 Å². The maximum Gasteiger partial charge on any atom is 0.255 e. The fourth-order valence-electron chi connectivity index (χ4n) is 4.16. The number of Topliss-reactive ketones (excluding diaryl/α,β-unsaturated/α-hetero) is 1. The van der Waals surface area contributed by atoms with Gasteiger partial charge in [0.25, 0.3) is 5.56 Å². The summed E-state index contributed by atoms with van der Waals surface area (Å²) in [4.78, 5) is 37.6. The molecule has 1 unspecified atom stereocenters. The summed E-state index contributed by atoms with van der Waals surface area (Å²) < 4.78 is 2.70. The molecule has 1 atom stereocenters. The minimum Gasteiger partial charge on any atom is -0.341 e. The zero-order valence-corrected chi connectivity index (χ0v) is 18.0. The van der Waals surface area contributed by atoms with Crippen molar-refractivity contribution in [2.24, 2.45) is 13.0 Å². The first-order chi connectivity index (χ1) is 15.1. The Morgan fingerprint density at radius 1 is 1.13 bits per heavy atom. The second kappa shape index (κ2) is 8.07. The molecule has 7 heteroatoms. The van der Waals surface area contributed by atoms with Crippen molar-refractivity contribution in [3.05, 3.63) is 76.2 Å². The van der Waals surface area contributed by atoms with Crippen molar-refractivity contribution in [1.29, 1.82) is 0 Å². The van der Waals surface area contributed by atoms with E-state index in [1.165, 1.54) is 0 Å². The van der Waals surface area contributed by atoms with Gasteiger partial charge in [0.2, 0.25) is 5.95 Å². The van der Waals surface area contributed by atoms with Crippen LogP contribution in [0.2, 0.25) is 0 Å². The summed E-state index contributed by atoms with van der Waals surface area (Å²) in [5.41, 5.74) is 1.36. The molecule has 1 aliphatic heterocycles. The molecule has 1 aromatic carbocycles. The van der Waals surface area contributed by atoms with Gasteiger partial charge in [-0.25, -0.2) is 4.98 Å². The number of anilines is 1. The molecule has 0 spiro atoms. The quantitative estimate of drug-likeness (QED) is 0.455. The predicted octanol–water partition coefficient (Wildman–Crippen LogP) is 4.16. The van der Waals surface area contributed by atoms with Gasteiger partial charge in [0.05, 0.1) is 10.6 Å². The van der Waals surface area contributed by atoms with Gasteiger partial charge in [0.15, 0.2) is 5.78 Å². The van der Waals surface area contributed by atoms with E-state index in [0.717, 1.165) is 39.9 Å². The molecule has 1 saturated heterocycles. The van der Waals surface area contributed by atoms with Crippen molar-refractivity contribution in [3.63, 3.8) is 0 Å². The largest absolute Gasteiger partial charge is 0.341 e. The standard InChI is InChI=1S/C24H22N4O2S/c1-27-22(29)14-19(16-8-10-25-11-9-16)26-24(27)28-12-4-6-18(15-28)23(30)21-13-17-5-2-3-7-20(17)31-21/h2-3,5,7-11,13-14,18H,4,6,12,15H2,1H3. The molecule has 4 aromatic rings. The van der Waals surface area contributed by atoms with Crippen molar-refractivity contribution < 1.29 is 4.79 Å². The fraction of sp³-hybridized carbons (Fsp3) is 0.250. The van der Waals surface area contributed by atoms with Crippen molar-refractivity contribution in [2.45, 2.75) is 12.8 Å². The van der Waals surface area contributed by atoms with Gasteiger partial charge in [0.1, 0.15) is 0 Å². The first-order valence-corrected chi connectivity index (χ1v) is 11.2. The number of rotatable bonds is 4. The Morgan fingerprint density at radius 3 is 2.74 bits per heavy atom. The summed E-state index contributed by atoms with van der Waals surface area (Å²) in [7, 11) is 1.73. The molecular weight excluding hydrogens is 408 g/mol. The fourth-order valence-corrected chi connectivity index (χ4v) is 5.24. The Bertz CT molecular complexity index is 1280. The lowest BCUT2D eigenvalue weighted by molar-refractivity contribution is 0.0911. The molecule has 1 aliphatic rings.